The molecule has 0 radical (unpaired) electrons. The van der Waals surface area contributed by atoms with Gasteiger partial charge in [-0.25, -0.2) is 0 Å². The maximum Gasteiger partial charge on any atom is 0.249 e. The van der Waals surface area contributed by atoms with Crippen molar-refractivity contribution in [1.82, 2.24) is 5.32 Å². The van der Waals surface area contributed by atoms with Crippen molar-refractivity contribution in [2.75, 3.05) is 6.61 Å². The summed E-state index contributed by atoms with van der Waals surface area (Å²) >= 11 is 0. The van der Waals surface area contributed by atoms with Gasteiger partial charge < -0.3 is 20.6 Å². The number of aliphatic hydroxyl groups excluding tert-OH is 3. The summed E-state index contributed by atoms with van der Waals surface area (Å²) in [6.07, 6.45) is 72.3. The first-order valence-corrected chi connectivity index (χ1v) is 29.3. The first-order chi connectivity index (χ1) is 32.1. The number of nitrogens with one attached hydrogen (secondary N) is 1. The predicted molar refractivity (Wildman–Crippen MR) is 287 cm³/mol. The molecule has 3 atom stereocenters. The number of rotatable bonds is 54. The molecule has 5 heteroatoms. The second-order valence-corrected chi connectivity index (χ2v) is 20.2. The standard InChI is InChI=1S/C60H115NO4/c1-3-5-7-9-11-13-15-17-19-21-23-24-25-26-27-28-29-30-31-32-33-34-35-37-39-41-43-45-47-49-51-53-55-59(64)60(65)61-57(56-62)58(63)54-52-50-48-46-44-42-40-38-36-22-20-18-16-14-12-10-8-6-4-2/h23-24,26-27,52,54,57-59,62-64H,3-22,25,28-51,53,55-56H2,1-2H3,(H,61,65)/b24-23-,27-26-,54-52+. The fourth-order valence-corrected chi connectivity index (χ4v) is 9.16. The third-order valence-corrected chi connectivity index (χ3v) is 13.7. The van der Waals surface area contributed by atoms with Gasteiger partial charge in [0.05, 0.1) is 18.8 Å². The van der Waals surface area contributed by atoms with E-state index in [1.807, 2.05) is 6.08 Å². The highest BCUT2D eigenvalue weighted by Gasteiger charge is 2.22. The second kappa shape index (κ2) is 55.2. The topological polar surface area (TPSA) is 89.8 Å². The minimum absolute atomic E-state index is 0.361. The quantitative estimate of drug-likeness (QED) is 0.0361. The van der Waals surface area contributed by atoms with E-state index in [1.165, 1.54) is 257 Å². The van der Waals surface area contributed by atoms with Crippen LogP contribution in [0.2, 0.25) is 0 Å². The molecule has 0 aliphatic heterocycles. The Kier molecular flexibility index (Phi) is 54.0. The van der Waals surface area contributed by atoms with Crippen molar-refractivity contribution in [3.63, 3.8) is 0 Å². The Morgan fingerprint density at radius 3 is 0.969 bits per heavy atom. The number of aliphatic hydroxyl groups is 3. The van der Waals surface area contributed by atoms with Gasteiger partial charge in [-0.15, -0.1) is 0 Å². The monoisotopic (exact) mass is 914 g/mol. The van der Waals surface area contributed by atoms with Crippen LogP contribution in [0.4, 0.5) is 0 Å². The molecule has 0 rings (SSSR count). The van der Waals surface area contributed by atoms with Crippen molar-refractivity contribution in [1.29, 1.82) is 0 Å². The van der Waals surface area contributed by atoms with Gasteiger partial charge in [0.2, 0.25) is 5.91 Å². The van der Waals surface area contributed by atoms with E-state index in [1.54, 1.807) is 6.08 Å². The summed E-state index contributed by atoms with van der Waals surface area (Å²) in [6.45, 7) is 4.21. The summed E-state index contributed by atoms with van der Waals surface area (Å²) < 4.78 is 0. The molecule has 0 bridgehead atoms. The van der Waals surface area contributed by atoms with E-state index in [0.29, 0.717) is 6.42 Å². The van der Waals surface area contributed by atoms with Crippen molar-refractivity contribution in [3.05, 3.63) is 36.5 Å². The zero-order chi connectivity index (χ0) is 47.2. The number of unbranched alkanes of at least 4 members (excludes halogenated alkanes) is 42. The van der Waals surface area contributed by atoms with Crippen molar-refractivity contribution < 1.29 is 20.1 Å². The molecule has 384 valence electrons. The molecular formula is C60H115NO4. The Morgan fingerprint density at radius 1 is 0.385 bits per heavy atom. The number of carbonyl (C=O) groups is 1. The van der Waals surface area contributed by atoms with Crippen LogP contribution < -0.4 is 5.32 Å². The number of hydrogen-bond acceptors (Lipinski definition) is 4. The SMILES string of the molecule is CCCCCCCCCCC/C=C\C/C=C\CCCCCCCCCCCCCCCCCCC(O)C(=O)NC(CO)C(O)/C=C/CCCCCCCCCCCCCCCCCCC. The average molecular weight is 915 g/mol. The summed E-state index contributed by atoms with van der Waals surface area (Å²) in [6, 6.07) is -0.798. The number of hydrogen-bond donors (Lipinski definition) is 4. The highest BCUT2D eigenvalue weighted by Crippen LogP contribution is 2.17. The van der Waals surface area contributed by atoms with Crippen LogP contribution in [0.3, 0.4) is 0 Å². The van der Waals surface area contributed by atoms with Crippen molar-refractivity contribution in [3.8, 4) is 0 Å². The zero-order valence-electron chi connectivity index (χ0n) is 43.9. The van der Waals surface area contributed by atoms with E-state index >= 15 is 0 Å². The van der Waals surface area contributed by atoms with Gasteiger partial charge in [-0.1, -0.05) is 301 Å². The smallest absolute Gasteiger partial charge is 0.249 e. The molecule has 0 saturated heterocycles. The Balaban J connectivity index is 3.54. The lowest BCUT2D eigenvalue weighted by Crippen LogP contribution is -2.48. The molecule has 4 N–H and O–H groups in total. The fourth-order valence-electron chi connectivity index (χ4n) is 9.16. The van der Waals surface area contributed by atoms with E-state index in [4.69, 9.17) is 0 Å². The molecule has 0 aliphatic carbocycles. The molecule has 0 spiro atoms. The van der Waals surface area contributed by atoms with Gasteiger partial charge in [0.15, 0.2) is 0 Å². The van der Waals surface area contributed by atoms with Crippen LogP contribution in [0.25, 0.3) is 0 Å². The molecule has 65 heavy (non-hydrogen) atoms. The van der Waals surface area contributed by atoms with E-state index < -0.39 is 24.2 Å². The van der Waals surface area contributed by atoms with E-state index in [9.17, 15) is 20.1 Å². The van der Waals surface area contributed by atoms with Gasteiger partial charge in [-0.2, -0.15) is 0 Å². The first kappa shape index (κ1) is 63.6. The molecule has 0 aromatic carbocycles. The number of carbonyl (C=O) groups excluding carboxylic acids is 1. The molecule has 0 aromatic rings. The summed E-state index contributed by atoms with van der Waals surface area (Å²) in [5, 5.41) is 33.4. The fraction of sp³-hybridized carbons (Fsp3) is 0.883. The Morgan fingerprint density at radius 2 is 0.662 bits per heavy atom. The van der Waals surface area contributed by atoms with E-state index in [0.717, 1.165) is 38.5 Å². The third kappa shape index (κ3) is 50.3. The Bertz CT molecular complexity index is 1010. The number of allylic oxidation sites excluding steroid dienone is 5. The average Bonchev–Trinajstić information content (AvgIpc) is 3.31. The van der Waals surface area contributed by atoms with Crippen LogP contribution in [0, 0.1) is 0 Å². The largest absolute Gasteiger partial charge is 0.394 e. The maximum absolute atomic E-state index is 12.6. The molecule has 0 heterocycles. The van der Waals surface area contributed by atoms with E-state index in [2.05, 4.69) is 43.5 Å². The summed E-state index contributed by atoms with van der Waals surface area (Å²) in [4.78, 5) is 12.6. The van der Waals surface area contributed by atoms with Gasteiger partial charge in [-0.3, -0.25) is 4.79 Å². The minimum atomic E-state index is -1.10. The first-order valence-electron chi connectivity index (χ1n) is 29.3. The maximum atomic E-state index is 12.6. The Labute approximate surface area is 406 Å². The Hall–Kier alpha value is -1.43. The minimum Gasteiger partial charge on any atom is -0.394 e. The van der Waals surface area contributed by atoms with Crippen molar-refractivity contribution in [2.45, 2.75) is 334 Å². The molecule has 0 saturated carbocycles. The summed E-state index contributed by atoms with van der Waals surface area (Å²) in [5.41, 5.74) is 0. The molecule has 0 fully saturated rings. The third-order valence-electron chi connectivity index (χ3n) is 13.7. The van der Waals surface area contributed by atoms with Crippen LogP contribution >= 0.6 is 0 Å². The summed E-state index contributed by atoms with van der Waals surface area (Å²) in [5.74, 6) is -0.499. The molecule has 0 aromatic heterocycles. The lowest BCUT2D eigenvalue weighted by molar-refractivity contribution is -0.131. The van der Waals surface area contributed by atoms with Gasteiger partial charge in [0.25, 0.3) is 0 Å². The van der Waals surface area contributed by atoms with E-state index in [-0.39, 0.29) is 6.61 Å². The van der Waals surface area contributed by atoms with Crippen molar-refractivity contribution >= 4 is 5.91 Å². The highest BCUT2D eigenvalue weighted by molar-refractivity contribution is 5.80. The molecule has 1 amide bonds. The van der Waals surface area contributed by atoms with Crippen LogP contribution in [0.1, 0.15) is 316 Å². The second-order valence-electron chi connectivity index (χ2n) is 20.2. The molecule has 0 aliphatic rings. The van der Waals surface area contributed by atoms with Gasteiger partial charge in [-0.05, 0) is 51.4 Å². The lowest BCUT2D eigenvalue weighted by Gasteiger charge is -2.21. The number of amides is 1. The summed E-state index contributed by atoms with van der Waals surface area (Å²) in [7, 11) is 0. The van der Waals surface area contributed by atoms with Crippen LogP contribution in [-0.2, 0) is 4.79 Å². The van der Waals surface area contributed by atoms with Gasteiger partial charge in [0.1, 0.15) is 6.10 Å². The van der Waals surface area contributed by atoms with Crippen LogP contribution in [0.15, 0.2) is 36.5 Å². The lowest BCUT2D eigenvalue weighted by atomic mass is 10.0. The highest BCUT2D eigenvalue weighted by atomic mass is 16.3. The molecular weight excluding hydrogens is 799 g/mol. The van der Waals surface area contributed by atoms with Crippen LogP contribution in [0.5, 0.6) is 0 Å². The molecule has 3 unspecified atom stereocenters. The van der Waals surface area contributed by atoms with Crippen molar-refractivity contribution in [2.24, 2.45) is 0 Å². The zero-order valence-corrected chi connectivity index (χ0v) is 43.9. The van der Waals surface area contributed by atoms with Crippen LogP contribution in [-0.4, -0.2) is 46.1 Å². The van der Waals surface area contributed by atoms with Gasteiger partial charge >= 0.3 is 0 Å². The molecule has 5 nitrogen and oxygen atoms in total. The predicted octanol–water partition coefficient (Wildman–Crippen LogP) is 18.2. The van der Waals surface area contributed by atoms with Gasteiger partial charge in [0, 0.05) is 0 Å². The normalized spacial score (nSPS) is 13.5.